The summed E-state index contributed by atoms with van der Waals surface area (Å²) in [7, 11) is 0. The molecule has 0 aromatic heterocycles. The standard InChI is InChI=1S/C18H24N4O4/c19-14-13-2-1-10(15(18(25)26)22(13)17(14)24)9-11-5-8-21(16(11)23)12-3-6-20-7-4-12/h9,12-14,20H,1-8,19H2,(H,25,26)/t13-,14+/m1/s1. The smallest absolute Gasteiger partial charge is 0.352 e. The van der Waals surface area contributed by atoms with Crippen molar-refractivity contribution in [1.29, 1.82) is 0 Å². The topological polar surface area (TPSA) is 116 Å². The van der Waals surface area contributed by atoms with Gasteiger partial charge in [0.25, 0.3) is 0 Å². The van der Waals surface area contributed by atoms with Crippen LogP contribution in [-0.4, -0.2) is 70.4 Å². The number of nitrogens with two attached hydrogens (primary N) is 1. The van der Waals surface area contributed by atoms with Crippen molar-refractivity contribution in [3.05, 3.63) is 22.9 Å². The van der Waals surface area contributed by atoms with Gasteiger partial charge in [-0.15, -0.1) is 0 Å². The van der Waals surface area contributed by atoms with Gasteiger partial charge in [-0.3, -0.25) is 14.5 Å². The van der Waals surface area contributed by atoms with E-state index >= 15 is 0 Å². The number of nitrogens with one attached hydrogen (secondary N) is 1. The van der Waals surface area contributed by atoms with Gasteiger partial charge < -0.3 is 21.1 Å². The Hall–Kier alpha value is -2.19. The Bertz CT molecular complexity index is 723. The van der Waals surface area contributed by atoms with Crippen molar-refractivity contribution in [3.63, 3.8) is 0 Å². The van der Waals surface area contributed by atoms with Gasteiger partial charge in [0, 0.05) is 18.2 Å². The number of aliphatic carboxylic acids is 1. The van der Waals surface area contributed by atoms with Crippen molar-refractivity contribution in [2.75, 3.05) is 19.6 Å². The lowest BCUT2D eigenvalue weighted by Gasteiger charge is -2.48. The van der Waals surface area contributed by atoms with Crippen LogP contribution in [0, 0.1) is 0 Å². The van der Waals surface area contributed by atoms with E-state index in [9.17, 15) is 19.5 Å². The maximum absolute atomic E-state index is 12.8. The van der Waals surface area contributed by atoms with Gasteiger partial charge in [0.2, 0.25) is 11.8 Å². The number of carbonyl (C=O) groups is 3. The van der Waals surface area contributed by atoms with Crippen LogP contribution in [0.4, 0.5) is 0 Å². The molecule has 4 heterocycles. The van der Waals surface area contributed by atoms with Crippen LogP contribution >= 0.6 is 0 Å². The highest BCUT2D eigenvalue weighted by molar-refractivity contribution is 6.01. The van der Waals surface area contributed by atoms with Gasteiger partial charge in [0.15, 0.2) is 0 Å². The van der Waals surface area contributed by atoms with Crippen LogP contribution in [0.5, 0.6) is 0 Å². The van der Waals surface area contributed by atoms with E-state index in [1.165, 1.54) is 4.90 Å². The molecule has 0 bridgehead atoms. The molecule has 4 N–H and O–H groups in total. The summed E-state index contributed by atoms with van der Waals surface area (Å²) in [5.41, 5.74) is 6.98. The van der Waals surface area contributed by atoms with Crippen LogP contribution in [0.25, 0.3) is 0 Å². The minimum Gasteiger partial charge on any atom is -0.477 e. The monoisotopic (exact) mass is 360 g/mol. The first-order valence-corrected chi connectivity index (χ1v) is 9.26. The van der Waals surface area contributed by atoms with E-state index in [0.29, 0.717) is 37.0 Å². The molecule has 0 saturated carbocycles. The molecule has 4 aliphatic rings. The summed E-state index contributed by atoms with van der Waals surface area (Å²) in [4.78, 5) is 39.8. The zero-order valence-corrected chi connectivity index (χ0v) is 14.6. The van der Waals surface area contributed by atoms with Crippen molar-refractivity contribution in [2.24, 2.45) is 5.73 Å². The number of hydrogen-bond donors (Lipinski definition) is 3. The molecule has 3 fully saturated rings. The van der Waals surface area contributed by atoms with Gasteiger partial charge in [-0.25, -0.2) is 4.79 Å². The van der Waals surface area contributed by atoms with Crippen LogP contribution in [0.1, 0.15) is 32.1 Å². The number of amides is 2. The number of carboxylic acids is 1. The molecule has 2 atom stereocenters. The number of carboxylic acid groups (broad SMARTS) is 1. The second kappa shape index (κ2) is 6.51. The van der Waals surface area contributed by atoms with E-state index in [4.69, 9.17) is 5.73 Å². The second-order valence-corrected chi connectivity index (χ2v) is 7.42. The lowest BCUT2D eigenvalue weighted by atomic mass is 9.83. The summed E-state index contributed by atoms with van der Waals surface area (Å²) in [5, 5.41) is 12.9. The third kappa shape index (κ3) is 2.64. The zero-order valence-electron chi connectivity index (χ0n) is 14.6. The number of rotatable bonds is 3. The van der Waals surface area contributed by atoms with E-state index < -0.39 is 12.0 Å². The van der Waals surface area contributed by atoms with E-state index in [1.54, 1.807) is 6.08 Å². The van der Waals surface area contributed by atoms with Gasteiger partial charge in [0.05, 0.1) is 6.04 Å². The number of likely N-dealkylation sites (tertiary alicyclic amines) is 1. The molecular weight excluding hydrogens is 336 g/mol. The Morgan fingerprint density at radius 1 is 1.19 bits per heavy atom. The fourth-order valence-corrected chi connectivity index (χ4v) is 4.55. The van der Waals surface area contributed by atoms with E-state index in [0.717, 1.165) is 25.9 Å². The van der Waals surface area contributed by atoms with Crippen LogP contribution < -0.4 is 11.1 Å². The molecule has 0 aliphatic carbocycles. The van der Waals surface area contributed by atoms with E-state index in [1.807, 2.05) is 4.90 Å². The van der Waals surface area contributed by atoms with Crippen molar-refractivity contribution in [1.82, 2.24) is 15.1 Å². The number of nitrogens with zero attached hydrogens (tertiary/aromatic N) is 2. The molecule has 0 spiro atoms. The fraction of sp³-hybridized carbons (Fsp3) is 0.611. The molecule has 26 heavy (non-hydrogen) atoms. The second-order valence-electron chi connectivity index (χ2n) is 7.42. The maximum atomic E-state index is 12.8. The molecule has 4 aliphatic heterocycles. The average molecular weight is 360 g/mol. The number of fused-ring (bicyclic) bond motifs is 1. The van der Waals surface area contributed by atoms with Crippen molar-refractivity contribution < 1.29 is 19.5 Å². The summed E-state index contributed by atoms with van der Waals surface area (Å²) in [6, 6.07) is -0.586. The molecule has 140 valence electrons. The molecule has 4 rings (SSSR count). The predicted molar refractivity (Wildman–Crippen MR) is 92.8 cm³/mol. The number of carbonyl (C=O) groups excluding carboxylic acids is 2. The van der Waals surface area contributed by atoms with Crippen molar-refractivity contribution in [3.8, 4) is 0 Å². The molecule has 8 heteroatoms. The molecule has 0 unspecified atom stereocenters. The molecule has 0 aromatic rings. The Balaban J connectivity index is 1.59. The van der Waals surface area contributed by atoms with Gasteiger partial charge in [-0.05, 0) is 56.8 Å². The van der Waals surface area contributed by atoms with Crippen LogP contribution in [0.3, 0.4) is 0 Å². The molecule has 3 saturated heterocycles. The first kappa shape index (κ1) is 17.2. The lowest BCUT2D eigenvalue weighted by molar-refractivity contribution is -0.152. The largest absolute Gasteiger partial charge is 0.477 e. The van der Waals surface area contributed by atoms with Crippen LogP contribution in [0.2, 0.25) is 0 Å². The highest BCUT2D eigenvalue weighted by Crippen LogP contribution is 2.37. The van der Waals surface area contributed by atoms with Gasteiger partial charge in [-0.2, -0.15) is 0 Å². The minimum atomic E-state index is -1.14. The summed E-state index contributed by atoms with van der Waals surface area (Å²) in [6.45, 7) is 2.52. The SMILES string of the molecule is N[C@@H]1C(=O)N2C(C(=O)O)=C(C=C3CCN(C4CCNCC4)C3=O)CC[C@H]12. The third-order valence-corrected chi connectivity index (χ3v) is 5.98. The van der Waals surface area contributed by atoms with Crippen LogP contribution in [-0.2, 0) is 14.4 Å². The van der Waals surface area contributed by atoms with Gasteiger partial charge >= 0.3 is 5.97 Å². The predicted octanol–water partition coefficient (Wildman–Crippen LogP) is -0.432. The number of piperidine rings is 1. The quantitative estimate of drug-likeness (QED) is 0.464. The molecule has 8 nitrogen and oxygen atoms in total. The Morgan fingerprint density at radius 2 is 1.92 bits per heavy atom. The van der Waals surface area contributed by atoms with E-state index in [-0.39, 0.29) is 29.6 Å². The first-order valence-electron chi connectivity index (χ1n) is 9.26. The summed E-state index contributed by atoms with van der Waals surface area (Å²) in [5.74, 6) is -1.48. The van der Waals surface area contributed by atoms with Crippen LogP contribution in [0.15, 0.2) is 22.9 Å². The normalized spacial score (nSPS) is 31.5. The zero-order chi connectivity index (χ0) is 18.4. The summed E-state index contributed by atoms with van der Waals surface area (Å²) in [6.07, 6.45) is 5.38. The van der Waals surface area contributed by atoms with E-state index in [2.05, 4.69) is 5.32 Å². The molecule has 2 amide bonds. The Kier molecular flexibility index (Phi) is 4.32. The first-order chi connectivity index (χ1) is 12.5. The number of allylic oxidation sites excluding steroid dienone is 2. The number of hydrogen-bond acceptors (Lipinski definition) is 5. The molecular formula is C18H24N4O4. The molecule has 0 aromatic carbocycles. The lowest BCUT2D eigenvalue weighted by Crippen LogP contribution is -2.69. The maximum Gasteiger partial charge on any atom is 0.352 e. The Morgan fingerprint density at radius 3 is 2.62 bits per heavy atom. The van der Waals surface area contributed by atoms with Gasteiger partial charge in [0.1, 0.15) is 11.7 Å². The third-order valence-electron chi connectivity index (χ3n) is 5.98. The Labute approximate surface area is 151 Å². The van der Waals surface area contributed by atoms with Gasteiger partial charge in [-0.1, -0.05) is 0 Å². The highest BCUT2D eigenvalue weighted by Gasteiger charge is 2.50. The number of β-lactam (4-membered cyclic amide) rings is 1. The average Bonchev–Trinajstić information content (AvgIpc) is 3.01. The fourth-order valence-electron chi connectivity index (χ4n) is 4.55. The summed E-state index contributed by atoms with van der Waals surface area (Å²) >= 11 is 0. The summed E-state index contributed by atoms with van der Waals surface area (Å²) < 4.78 is 0. The highest BCUT2D eigenvalue weighted by atomic mass is 16.4. The molecule has 0 radical (unpaired) electrons. The minimum absolute atomic E-state index is 0.00268. The van der Waals surface area contributed by atoms with Crippen molar-refractivity contribution >= 4 is 17.8 Å². The van der Waals surface area contributed by atoms with Crippen molar-refractivity contribution in [2.45, 2.75) is 50.2 Å².